The van der Waals surface area contributed by atoms with Crippen LogP contribution < -0.4 is 5.32 Å². The molecule has 0 radical (unpaired) electrons. The fourth-order valence-electron chi connectivity index (χ4n) is 3.14. The number of carbonyl (C=O) groups excluding carboxylic acids is 1. The highest BCUT2D eigenvalue weighted by Gasteiger charge is 2.25. The number of thiazole rings is 1. The summed E-state index contributed by atoms with van der Waals surface area (Å²) in [6, 6.07) is 4.40. The molecule has 1 aliphatic heterocycles. The minimum absolute atomic E-state index is 0.113. The summed E-state index contributed by atoms with van der Waals surface area (Å²) >= 11 is 1.27. The summed E-state index contributed by atoms with van der Waals surface area (Å²) in [6.07, 6.45) is 1.79. The number of likely N-dealkylation sites (tertiary alicyclic amines) is 1. The molecule has 3 heterocycles. The van der Waals surface area contributed by atoms with Gasteiger partial charge in [-0.25, -0.2) is 9.37 Å². The number of hydrogen-bond acceptors (Lipinski definition) is 7. The Labute approximate surface area is 153 Å². The molecule has 2 aromatic heterocycles. The molecule has 4 rings (SSSR count). The van der Waals surface area contributed by atoms with Crippen LogP contribution in [0.15, 0.2) is 22.7 Å². The first-order valence-electron chi connectivity index (χ1n) is 8.45. The summed E-state index contributed by atoms with van der Waals surface area (Å²) in [7, 11) is 0. The molecule has 1 aliphatic rings. The van der Waals surface area contributed by atoms with Gasteiger partial charge in [0.1, 0.15) is 5.82 Å². The third kappa shape index (κ3) is 3.73. The van der Waals surface area contributed by atoms with Crippen molar-refractivity contribution >= 4 is 32.6 Å². The average Bonchev–Trinajstić information content (AvgIpc) is 3.20. The van der Waals surface area contributed by atoms with E-state index in [2.05, 4.69) is 25.3 Å². The zero-order valence-electron chi connectivity index (χ0n) is 14.2. The maximum Gasteiger partial charge on any atom is 0.240 e. The lowest BCUT2D eigenvalue weighted by atomic mass is 9.96. The Hall–Kier alpha value is -2.39. The predicted octanol–water partition coefficient (Wildman–Crippen LogP) is 2.94. The molecule has 136 valence electrons. The third-order valence-electron chi connectivity index (χ3n) is 4.46. The molecule has 7 nitrogen and oxygen atoms in total. The first-order valence-corrected chi connectivity index (χ1v) is 9.27. The molecule has 1 fully saturated rings. The van der Waals surface area contributed by atoms with Gasteiger partial charge in [-0.1, -0.05) is 16.5 Å². The lowest BCUT2D eigenvalue weighted by Crippen LogP contribution is -2.38. The van der Waals surface area contributed by atoms with Crippen LogP contribution in [0.2, 0.25) is 0 Å². The number of aromatic nitrogens is 3. The Morgan fingerprint density at radius 1 is 1.38 bits per heavy atom. The second-order valence-corrected chi connectivity index (χ2v) is 7.43. The molecule has 9 heteroatoms. The number of nitrogens with one attached hydrogen (secondary N) is 1. The van der Waals surface area contributed by atoms with Crippen LogP contribution in [0.4, 0.5) is 9.52 Å². The van der Waals surface area contributed by atoms with Crippen molar-refractivity contribution in [2.24, 2.45) is 0 Å². The van der Waals surface area contributed by atoms with Gasteiger partial charge in [0.05, 0.1) is 16.8 Å². The van der Waals surface area contributed by atoms with E-state index < -0.39 is 0 Å². The van der Waals surface area contributed by atoms with Crippen molar-refractivity contribution in [1.82, 2.24) is 20.0 Å². The zero-order valence-corrected chi connectivity index (χ0v) is 15.1. The predicted molar refractivity (Wildman–Crippen MR) is 95.7 cm³/mol. The van der Waals surface area contributed by atoms with E-state index in [-0.39, 0.29) is 17.6 Å². The summed E-state index contributed by atoms with van der Waals surface area (Å²) in [6.45, 7) is 3.70. The van der Waals surface area contributed by atoms with Crippen LogP contribution in [0.25, 0.3) is 10.2 Å². The van der Waals surface area contributed by atoms with Crippen molar-refractivity contribution < 1.29 is 13.7 Å². The van der Waals surface area contributed by atoms with Gasteiger partial charge in [-0.3, -0.25) is 9.69 Å². The summed E-state index contributed by atoms with van der Waals surface area (Å²) in [5.41, 5.74) is 0.683. The number of fused-ring (bicyclic) bond motifs is 1. The maximum atomic E-state index is 13.2. The van der Waals surface area contributed by atoms with Crippen molar-refractivity contribution in [2.75, 3.05) is 25.0 Å². The van der Waals surface area contributed by atoms with E-state index in [1.54, 1.807) is 13.0 Å². The van der Waals surface area contributed by atoms with Crippen molar-refractivity contribution in [1.29, 1.82) is 0 Å². The van der Waals surface area contributed by atoms with Crippen molar-refractivity contribution in [3.63, 3.8) is 0 Å². The molecule has 0 aliphatic carbocycles. The fourth-order valence-corrected chi connectivity index (χ4v) is 4.05. The first-order chi connectivity index (χ1) is 12.6. The second-order valence-electron chi connectivity index (χ2n) is 6.40. The molecule has 0 atom stereocenters. The van der Waals surface area contributed by atoms with Gasteiger partial charge in [-0.2, -0.15) is 4.98 Å². The van der Waals surface area contributed by atoms with Crippen LogP contribution in [-0.4, -0.2) is 45.6 Å². The van der Waals surface area contributed by atoms with Crippen LogP contribution in [-0.2, 0) is 4.79 Å². The van der Waals surface area contributed by atoms with Gasteiger partial charge in [0, 0.05) is 12.8 Å². The van der Waals surface area contributed by atoms with Gasteiger partial charge in [-0.05, 0) is 44.1 Å². The number of nitrogens with zero attached hydrogens (tertiary/aromatic N) is 4. The highest BCUT2D eigenvalue weighted by atomic mass is 32.1. The molecule has 26 heavy (non-hydrogen) atoms. The quantitative estimate of drug-likeness (QED) is 0.755. The summed E-state index contributed by atoms with van der Waals surface area (Å²) in [5, 5.41) is 7.29. The largest absolute Gasteiger partial charge is 0.340 e. The van der Waals surface area contributed by atoms with Gasteiger partial charge in [0.2, 0.25) is 11.8 Å². The van der Waals surface area contributed by atoms with E-state index in [1.165, 1.54) is 23.5 Å². The molecule has 3 aromatic rings. The van der Waals surface area contributed by atoms with E-state index in [0.717, 1.165) is 36.5 Å². The number of halogens is 1. The number of amides is 1. The first kappa shape index (κ1) is 17.0. The Kier molecular flexibility index (Phi) is 4.64. The Morgan fingerprint density at radius 3 is 2.92 bits per heavy atom. The Morgan fingerprint density at radius 2 is 2.19 bits per heavy atom. The van der Waals surface area contributed by atoms with Crippen LogP contribution in [0.3, 0.4) is 0 Å². The van der Waals surface area contributed by atoms with E-state index in [0.29, 0.717) is 23.1 Å². The smallest absolute Gasteiger partial charge is 0.240 e. The average molecular weight is 375 g/mol. The highest BCUT2D eigenvalue weighted by Crippen LogP contribution is 2.27. The van der Waals surface area contributed by atoms with Crippen molar-refractivity contribution in [2.45, 2.75) is 25.7 Å². The summed E-state index contributed by atoms with van der Waals surface area (Å²) < 4.78 is 19.0. The molecule has 0 saturated carbocycles. The second kappa shape index (κ2) is 7.08. The lowest BCUT2D eigenvalue weighted by Gasteiger charge is -2.29. The minimum Gasteiger partial charge on any atom is -0.340 e. The van der Waals surface area contributed by atoms with Crippen LogP contribution in [0, 0.1) is 12.7 Å². The zero-order chi connectivity index (χ0) is 18.1. The number of piperidine rings is 1. The van der Waals surface area contributed by atoms with Crippen molar-refractivity contribution in [3.05, 3.63) is 35.7 Å². The molecule has 1 aromatic carbocycles. The van der Waals surface area contributed by atoms with Gasteiger partial charge < -0.3 is 9.84 Å². The monoisotopic (exact) mass is 375 g/mol. The third-order valence-corrected chi connectivity index (χ3v) is 5.39. The molecule has 1 N–H and O–H groups in total. The fraction of sp³-hybridized carbons (Fsp3) is 0.412. The van der Waals surface area contributed by atoms with Gasteiger partial charge in [-0.15, -0.1) is 0 Å². The van der Waals surface area contributed by atoms with Gasteiger partial charge in [0.25, 0.3) is 0 Å². The number of carbonyl (C=O) groups is 1. The molecule has 1 saturated heterocycles. The summed E-state index contributed by atoms with van der Waals surface area (Å²) in [4.78, 5) is 23.0. The molecule has 0 bridgehead atoms. The Bertz CT molecular complexity index is 932. The topological polar surface area (TPSA) is 84.2 Å². The molecule has 0 spiro atoms. The highest BCUT2D eigenvalue weighted by molar-refractivity contribution is 7.22. The van der Waals surface area contributed by atoms with Crippen LogP contribution >= 0.6 is 11.3 Å². The number of aryl methyl sites for hydroxylation is 1. The van der Waals surface area contributed by atoms with E-state index in [4.69, 9.17) is 4.52 Å². The number of hydrogen-bond donors (Lipinski definition) is 1. The summed E-state index contributed by atoms with van der Waals surface area (Å²) in [5.74, 6) is 1.20. The molecular formula is C17H18FN5O2S. The molecular weight excluding hydrogens is 357 g/mol. The Balaban J connectivity index is 1.31. The SMILES string of the molecule is Cc1nc(C2CCN(CC(=O)Nc3nc4ccc(F)cc4s3)CC2)no1. The normalized spacial score (nSPS) is 16.2. The van der Waals surface area contributed by atoms with E-state index >= 15 is 0 Å². The lowest BCUT2D eigenvalue weighted by molar-refractivity contribution is -0.117. The number of rotatable bonds is 4. The molecule has 0 unspecified atom stereocenters. The maximum absolute atomic E-state index is 13.2. The van der Waals surface area contributed by atoms with Crippen molar-refractivity contribution in [3.8, 4) is 0 Å². The van der Waals surface area contributed by atoms with E-state index in [1.807, 2.05) is 0 Å². The van der Waals surface area contributed by atoms with Crippen LogP contribution in [0.1, 0.15) is 30.5 Å². The van der Waals surface area contributed by atoms with Gasteiger partial charge in [0.15, 0.2) is 11.0 Å². The van der Waals surface area contributed by atoms with Crippen LogP contribution in [0.5, 0.6) is 0 Å². The van der Waals surface area contributed by atoms with Gasteiger partial charge >= 0.3 is 0 Å². The number of anilines is 1. The number of benzene rings is 1. The van der Waals surface area contributed by atoms with E-state index in [9.17, 15) is 9.18 Å². The standard InChI is InChI=1S/C17H18FN5O2S/c1-10-19-16(22-25-10)11-4-6-23(7-5-11)9-15(24)21-17-20-13-3-2-12(18)8-14(13)26-17/h2-3,8,11H,4-7,9H2,1H3,(H,20,21,24). The minimum atomic E-state index is -0.307. The molecule has 1 amide bonds.